The summed E-state index contributed by atoms with van der Waals surface area (Å²) < 4.78 is 32.2. The summed E-state index contributed by atoms with van der Waals surface area (Å²) in [5.74, 6) is -0.463. The summed E-state index contributed by atoms with van der Waals surface area (Å²) in [5, 5.41) is 0. The van der Waals surface area contributed by atoms with Gasteiger partial charge in [-0.25, -0.2) is 0 Å². The summed E-state index contributed by atoms with van der Waals surface area (Å²) in [5.41, 5.74) is 0. The maximum absolute atomic E-state index is 9.89. The Kier molecular flexibility index (Phi) is 4.12. The molecule has 0 aromatic carbocycles. The minimum atomic E-state index is -3.98. The van der Waals surface area contributed by atoms with Crippen LogP contribution < -0.4 is 0 Å². The van der Waals surface area contributed by atoms with Gasteiger partial charge in [-0.15, -0.1) is 11.6 Å². The molecular formula is C3H7ClO4S. The van der Waals surface area contributed by atoms with Crippen molar-refractivity contribution in [3.63, 3.8) is 0 Å². The lowest BCUT2D eigenvalue weighted by molar-refractivity contribution is 0.187. The molecule has 56 valence electrons. The van der Waals surface area contributed by atoms with Crippen molar-refractivity contribution >= 4 is 21.7 Å². The van der Waals surface area contributed by atoms with E-state index in [0.29, 0.717) is 0 Å². The van der Waals surface area contributed by atoms with Gasteiger partial charge in [-0.1, -0.05) is 0 Å². The maximum Gasteiger partial charge on any atom is 0.289 e. The third-order valence-corrected chi connectivity index (χ3v) is 1.07. The lowest BCUT2D eigenvalue weighted by Crippen LogP contribution is -2.08. The molecule has 9 heavy (non-hydrogen) atoms. The van der Waals surface area contributed by atoms with Crippen molar-refractivity contribution in [2.45, 2.75) is 0 Å². The molecule has 0 atom stereocenters. The van der Waals surface area contributed by atoms with Crippen molar-refractivity contribution in [1.29, 1.82) is 0 Å². The van der Waals surface area contributed by atoms with E-state index >= 15 is 0 Å². The molecule has 0 heterocycles. The molecule has 0 radical (unpaired) electrons. The van der Waals surface area contributed by atoms with Gasteiger partial charge in [0.1, 0.15) is 0 Å². The van der Waals surface area contributed by atoms with Gasteiger partial charge >= 0.3 is 0 Å². The minimum Gasteiger partial charge on any atom is -0.362 e. The third-order valence-electron chi connectivity index (χ3n) is 0.454. The molecule has 1 N–H and O–H groups in total. The monoisotopic (exact) mass is 174 g/mol. The summed E-state index contributed by atoms with van der Waals surface area (Å²) in [6.45, 7) is 0.126. The van der Waals surface area contributed by atoms with Crippen molar-refractivity contribution < 1.29 is 17.7 Å². The van der Waals surface area contributed by atoms with E-state index in [4.69, 9.17) is 16.2 Å². The van der Waals surface area contributed by atoms with Crippen LogP contribution in [0.4, 0.5) is 0 Å². The lowest BCUT2D eigenvalue weighted by atomic mass is 10.9. The van der Waals surface area contributed by atoms with E-state index < -0.39 is 16.1 Å². The standard InChI is InChI=1S/C3H7ClO4S/c4-1-2-8-3-9(5,6)7/h1-3H2,(H,5,6,7). The Morgan fingerprint density at radius 2 is 2.11 bits per heavy atom. The van der Waals surface area contributed by atoms with Gasteiger partial charge in [0.05, 0.1) is 6.61 Å². The molecule has 0 saturated heterocycles. The van der Waals surface area contributed by atoms with E-state index in [1.807, 2.05) is 0 Å². The fourth-order valence-corrected chi connectivity index (χ4v) is 0.656. The van der Waals surface area contributed by atoms with Gasteiger partial charge in [0, 0.05) is 5.88 Å². The van der Waals surface area contributed by atoms with Gasteiger partial charge < -0.3 is 4.74 Å². The van der Waals surface area contributed by atoms with Crippen LogP contribution in [-0.4, -0.2) is 31.4 Å². The Hall–Kier alpha value is 0.160. The number of ether oxygens (including phenoxy) is 1. The molecule has 0 aromatic rings. The van der Waals surface area contributed by atoms with Crippen LogP contribution in [0.2, 0.25) is 0 Å². The fourth-order valence-electron chi connectivity index (χ4n) is 0.219. The number of hydrogen-bond donors (Lipinski definition) is 1. The molecule has 0 unspecified atom stereocenters. The SMILES string of the molecule is O=S(=O)(O)COCCCl. The zero-order chi connectivity index (χ0) is 7.33. The molecule has 0 aliphatic carbocycles. The van der Waals surface area contributed by atoms with Gasteiger partial charge in [0.15, 0.2) is 5.94 Å². The fraction of sp³-hybridized carbons (Fsp3) is 1.00. The van der Waals surface area contributed by atoms with Crippen molar-refractivity contribution in [3.05, 3.63) is 0 Å². The van der Waals surface area contributed by atoms with Crippen LogP contribution in [0.5, 0.6) is 0 Å². The van der Waals surface area contributed by atoms with Crippen LogP contribution in [0.3, 0.4) is 0 Å². The number of hydrogen-bond acceptors (Lipinski definition) is 3. The highest BCUT2D eigenvalue weighted by atomic mass is 35.5. The molecule has 0 fully saturated rings. The summed E-state index contributed by atoms with van der Waals surface area (Å²) in [7, 11) is -3.98. The van der Waals surface area contributed by atoms with Gasteiger partial charge in [0.2, 0.25) is 0 Å². The number of halogens is 1. The van der Waals surface area contributed by atoms with Gasteiger partial charge in [0.25, 0.3) is 10.1 Å². The summed E-state index contributed by atoms with van der Waals surface area (Å²) >= 11 is 5.13. The Balaban J connectivity index is 3.30. The van der Waals surface area contributed by atoms with Crippen molar-refractivity contribution in [1.82, 2.24) is 0 Å². The first-order valence-corrected chi connectivity index (χ1v) is 4.29. The Labute approximate surface area is 58.5 Å². The van der Waals surface area contributed by atoms with Crippen molar-refractivity contribution in [3.8, 4) is 0 Å². The molecule has 0 bridgehead atoms. The van der Waals surface area contributed by atoms with Crippen LogP contribution in [0, 0.1) is 0 Å². The molecule has 0 amide bonds. The van der Waals surface area contributed by atoms with E-state index in [1.165, 1.54) is 0 Å². The van der Waals surface area contributed by atoms with Crippen molar-refractivity contribution in [2.24, 2.45) is 0 Å². The summed E-state index contributed by atoms with van der Waals surface area (Å²) in [6, 6.07) is 0. The molecule has 0 saturated carbocycles. The van der Waals surface area contributed by atoms with Crippen LogP contribution in [-0.2, 0) is 14.9 Å². The zero-order valence-corrected chi connectivity index (χ0v) is 6.15. The van der Waals surface area contributed by atoms with Gasteiger partial charge in [-0.05, 0) is 0 Å². The van der Waals surface area contributed by atoms with E-state index in [0.717, 1.165) is 0 Å². The topological polar surface area (TPSA) is 63.6 Å². The predicted octanol–water partition coefficient (Wildman–Crippen LogP) is 0.0871. The molecule has 6 heteroatoms. The molecular weight excluding hydrogens is 168 g/mol. The van der Waals surface area contributed by atoms with Crippen molar-refractivity contribution in [2.75, 3.05) is 18.4 Å². The zero-order valence-electron chi connectivity index (χ0n) is 4.58. The largest absolute Gasteiger partial charge is 0.362 e. The van der Waals surface area contributed by atoms with E-state index in [1.54, 1.807) is 0 Å². The Morgan fingerprint density at radius 1 is 1.56 bits per heavy atom. The first-order chi connectivity index (χ1) is 4.06. The van der Waals surface area contributed by atoms with Gasteiger partial charge in [-0.2, -0.15) is 8.42 Å². The normalized spacial score (nSPS) is 11.8. The highest BCUT2D eigenvalue weighted by Gasteiger charge is 2.01. The minimum absolute atomic E-state index is 0.126. The van der Waals surface area contributed by atoms with Crippen LogP contribution in [0.25, 0.3) is 0 Å². The van der Waals surface area contributed by atoms with E-state index in [-0.39, 0.29) is 12.5 Å². The molecule has 4 nitrogen and oxygen atoms in total. The second-order valence-electron chi connectivity index (χ2n) is 1.30. The van der Waals surface area contributed by atoms with Crippen LogP contribution >= 0.6 is 11.6 Å². The second-order valence-corrected chi connectivity index (χ2v) is 3.07. The average molecular weight is 175 g/mol. The predicted molar refractivity (Wildman–Crippen MR) is 33.1 cm³/mol. The summed E-state index contributed by atoms with van der Waals surface area (Å²) in [4.78, 5) is 0. The van der Waals surface area contributed by atoms with Crippen LogP contribution in [0.15, 0.2) is 0 Å². The number of alkyl halides is 1. The molecule has 0 spiro atoms. The highest BCUT2D eigenvalue weighted by Crippen LogP contribution is 1.84. The first kappa shape index (κ1) is 9.16. The summed E-state index contributed by atoms with van der Waals surface area (Å²) in [6.07, 6.45) is 0. The molecule has 0 aliphatic rings. The maximum atomic E-state index is 9.89. The lowest BCUT2D eigenvalue weighted by Gasteiger charge is -1.95. The molecule has 0 aliphatic heterocycles. The Morgan fingerprint density at radius 3 is 2.44 bits per heavy atom. The first-order valence-electron chi connectivity index (χ1n) is 2.15. The Bertz CT molecular complexity index is 151. The van der Waals surface area contributed by atoms with E-state index in [9.17, 15) is 8.42 Å². The molecule has 0 aromatic heterocycles. The third kappa shape index (κ3) is 8.16. The number of rotatable bonds is 4. The average Bonchev–Trinajstić information content (AvgIpc) is 1.63. The van der Waals surface area contributed by atoms with Gasteiger partial charge in [-0.3, -0.25) is 4.55 Å². The quantitative estimate of drug-likeness (QED) is 0.373. The smallest absolute Gasteiger partial charge is 0.289 e. The van der Waals surface area contributed by atoms with Crippen LogP contribution in [0.1, 0.15) is 0 Å². The molecule has 0 rings (SSSR count). The second kappa shape index (κ2) is 4.05. The van der Waals surface area contributed by atoms with E-state index in [2.05, 4.69) is 4.74 Å². The highest BCUT2D eigenvalue weighted by molar-refractivity contribution is 7.85.